The van der Waals surface area contributed by atoms with Crippen molar-refractivity contribution in [1.29, 1.82) is 0 Å². The highest BCUT2D eigenvalue weighted by Crippen LogP contribution is 2.20. The molecule has 0 aliphatic rings. The number of aryl methyl sites for hydroxylation is 2. The van der Waals surface area contributed by atoms with Gasteiger partial charge in [-0.25, -0.2) is 0 Å². The van der Waals surface area contributed by atoms with Gasteiger partial charge in [0.2, 0.25) is 0 Å². The SMILES string of the molecule is C=C(C)COc1cccc(NC(=O)COc2cc(C)ccc2C)c1. The second kappa shape index (κ2) is 8.20. The van der Waals surface area contributed by atoms with Crippen LogP contribution in [0.5, 0.6) is 11.5 Å². The Balaban J connectivity index is 1.91. The van der Waals surface area contributed by atoms with E-state index in [4.69, 9.17) is 9.47 Å². The smallest absolute Gasteiger partial charge is 0.262 e. The van der Waals surface area contributed by atoms with Crippen molar-refractivity contribution in [3.05, 3.63) is 65.7 Å². The number of benzene rings is 2. The molecule has 0 saturated heterocycles. The lowest BCUT2D eigenvalue weighted by atomic mass is 10.1. The van der Waals surface area contributed by atoms with Crippen molar-refractivity contribution in [3.8, 4) is 11.5 Å². The molecule has 0 atom stereocenters. The molecule has 0 aliphatic carbocycles. The number of rotatable bonds is 7. The quantitative estimate of drug-likeness (QED) is 0.773. The zero-order chi connectivity index (χ0) is 17.5. The summed E-state index contributed by atoms with van der Waals surface area (Å²) in [5, 5.41) is 2.81. The average molecular weight is 325 g/mol. The summed E-state index contributed by atoms with van der Waals surface area (Å²) < 4.78 is 11.2. The Morgan fingerprint density at radius 1 is 1.08 bits per heavy atom. The van der Waals surface area contributed by atoms with Gasteiger partial charge in [-0.2, -0.15) is 0 Å². The van der Waals surface area contributed by atoms with Crippen LogP contribution in [0.1, 0.15) is 18.1 Å². The van der Waals surface area contributed by atoms with Crippen LogP contribution in [0.15, 0.2) is 54.6 Å². The maximum Gasteiger partial charge on any atom is 0.262 e. The lowest BCUT2D eigenvalue weighted by molar-refractivity contribution is -0.118. The number of ether oxygens (including phenoxy) is 2. The van der Waals surface area contributed by atoms with Crippen molar-refractivity contribution in [2.24, 2.45) is 0 Å². The molecule has 4 nitrogen and oxygen atoms in total. The Bertz CT molecular complexity index is 737. The maximum atomic E-state index is 12.1. The van der Waals surface area contributed by atoms with Crippen molar-refractivity contribution in [2.75, 3.05) is 18.5 Å². The first-order chi connectivity index (χ1) is 11.4. The van der Waals surface area contributed by atoms with Crippen LogP contribution in [0, 0.1) is 13.8 Å². The van der Waals surface area contributed by atoms with Crippen LogP contribution in [0.2, 0.25) is 0 Å². The predicted molar refractivity (Wildman–Crippen MR) is 96.8 cm³/mol. The second-order valence-corrected chi connectivity index (χ2v) is 5.88. The zero-order valence-electron chi connectivity index (χ0n) is 14.4. The minimum atomic E-state index is -0.215. The third kappa shape index (κ3) is 5.47. The lowest BCUT2D eigenvalue weighted by Gasteiger charge is -2.11. The van der Waals surface area contributed by atoms with Gasteiger partial charge in [-0.05, 0) is 55.7 Å². The molecule has 0 bridgehead atoms. The minimum absolute atomic E-state index is 0.0405. The van der Waals surface area contributed by atoms with Gasteiger partial charge in [0, 0.05) is 11.8 Å². The predicted octanol–water partition coefficient (Wildman–Crippen LogP) is 4.28. The fourth-order valence-electron chi connectivity index (χ4n) is 2.07. The molecule has 4 heteroatoms. The highest BCUT2D eigenvalue weighted by Gasteiger charge is 2.07. The van der Waals surface area contributed by atoms with E-state index in [1.807, 2.05) is 57.2 Å². The molecule has 0 saturated carbocycles. The van der Waals surface area contributed by atoms with Gasteiger partial charge in [-0.15, -0.1) is 0 Å². The summed E-state index contributed by atoms with van der Waals surface area (Å²) in [7, 11) is 0. The molecule has 0 heterocycles. The Morgan fingerprint density at radius 3 is 2.62 bits per heavy atom. The van der Waals surface area contributed by atoms with Gasteiger partial charge < -0.3 is 14.8 Å². The van der Waals surface area contributed by atoms with Crippen LogP contribution in [0.3, 0.4) is 0 Å². The highest BCUT2D eigenvalue weighted by molar-refractivity contribution is 5.92. The summed E-state index contributed by atoms with van der Waals surface area (Å²) in [6.07, 6.45) is 0. The molecule has 0 aromatic heterocycles. The highest BCUT2D eigenvalue weighted by atomic mass is 16.5. The fourth-order valence-corrected chi connectivity index (χ4v) is 2.07. The van der Waals surface area contributed by atoms with E-state index in [2.05, 4.69) is 11.9 Å². The number of carbonyl (C=O) groups is 1. The maximum absolute atomic E-state index is 12.1. The third-order valence-corrected chi connectivity index (χ3v) is 3.31. The molecule has 2 aromatic carbocycles. The van der Waals surface area contributed by atoms with E-state index in [0.29, 0.717) is 18.0 Å². The summed E-state index contributed by atoms with van der Waals surface area (Å²) in [6, 6.07) is 13.2. The van der Waals surface area contributed by atoms with E-state index in [9.17, 15) is 4.79 Å². The van der Waals surface area contributed by atoms with Gasteiger partial charge in [0.05, 0.1) is 0 Å². The first-order valence-corrected chi connectivity index (χ1v) is 7.81. The molecule has 126 valence electrons. The first kappa shape index (κ1) is 17.6. The van der Waals surface area contributed by atoms with E-state index < -0.39 is 0 Å². The van der Waals surface area contributed by atoms with Gasteiger partial charge in [0.25, 0.3) is 5.91 Å². The largest absolute Gasteiger partial charge is 0.489 e. The van der Waals surface area contributed by atoms with Crippen molar-refractivity contribution < 1.29 is 14.3 Å². The summed E-state index contributed by atoms with van der Waals surface area (Å²) in [5.74, 6) is 1.20. The van der Waals surface area contributed by atoms with Crippen molar-refractivity contribution >= 4 is 11.6 Å². The van der Waals surface area contributed by atoms with E-state index >= 15 is 0 Å². The van der Waals surface area contributed by atoms with Gasteiger partial charge in [-0.1, -0.05) is 24.8 Å². The topological polar surface area (TPSA) is 47.6 Å². The Hall–Kier alpha value is -2.75. The Labute approximate surface area is 143 Å². The van der Waals surface area contributed by atoms with Crippen LogP contribution in [-0.4, -0.2) is 19.1 Å². The summed E-state index contributed by atoms with van der Waals surface area (Å²) in [6.45, 7) is 10.0. The van der Waals surface area contributed by atoms with E-state index in [-0.39, 0.29) is 12.5 Å². The van der Waals surface area contributed by atoms with Gasteiger partial charge in [0.15, 0.2) is 6.61 Å². The minimum Gasteiger partial charge on any atom is -0.489 e. The standard InChI is InChI=1S/C20H23NO3/c1-14(2)12-23-18-7-5-6-17(11-18)21-20(22)13-24-19-10-15(3)8-9-16(19)4/h5-11H,1,12-13H2,2-4H3,(H,21,22). The van der Waals surface area contributed by atoms with Crippen LogP contribution >= 0.6 is 0 Å². The van der Waals surface area contributed by atoms with Crippen molar-refractivity contribution in [2.45, 2.75) is 20.8 Å². The molecule has 1 N–H and O–H groups in total. The summed E-state index contributed by atoms with van der Waals surface area (Å²) >= 11 is 0. The molecular formula is C20H23NO3. The molecule has 0 fully saturated rings. The molecule has 24 heavy (non-hydrogen) atoms. The van der Waals surface area contributed by atoms with Crippen LogP contribution in [0.4, 0.5) is 5.69 Å². The molecular weight excluding hydrogens is 302 g/mol. The van der Waals surface area contributed by atoms with E-state index in [1.165, 1.54) is 0 Å². The van der Waals surface area contributed by atoms with Crippen LogP contribution in [0.25, 0.3) is 0 Å². The molecule has 2 rings (SSSR count). The van der Waals surface area contributed by atoms with Gasteiger partial charge in [0.1, 0.15) is 18.1 Å². The number of hydrogen-bond donors (Lipinski definition) is 1. The fraction of sp³-hybridized carbons (Fsp3) is 0.250. The number of amides is 1. The lowest BCUT2D eigenvalue weighted by Crippen LogP contribution is -2.20. The van der Waals surface area contributed by atoms with Crippen molar-refractivity contribution in [3.63, 3.8) is 0 Å². The summed E-state index contributed by atoms with van der Waals surface area (Å²) in [4.78, 5) is 12.1. The van der Waals surface area contributed by atoms with Gasteiger partial charge >= 0.3 is 0 Å². The Morgan fingerprint density at radius 2 is 1.88 bits per heavy atom. The third-order valence-electron chi connectivity index (χ3n) is 3.31. The van der Waals surface area contributed by atoms with Crippen molar-refractivity contribution in [1.82, 2.24) is 0 Å². The molecule has 0 unspecified atom stereocenters. The molecule has 0 spiro atoms. The van der Waals surface area contributed by atoms with E-state index in [0.717, 1.165) is 22.4 Å². The number of hydrogen-bond acceptors (Lipinski definition) is 3. The number of anilines is 1. The first-order valence-electron chi connectivity index (χ1n) is 7.81. The Kier molecular flexibility index (Phi) is 6.01. The molecule has 2 aromatic rings. The number of carbonyl (C=O) groups excluding carboxylic acids is 1. The monoisotopic (exact) mass is 325 g/mol. The average Bonchev–Trinajstić information content (AvgIpc) is 2.54. The summed E-state index contributed by atoms with van der Waals surface area (Å²) in [5.41, 5.74) is 3.71. The van der Waals surface area contributed by atoms with Gasteiger partial charge in [-0.3, -0.25) is 4.79 Å². The molecule has 1 amide bonds. The molecule has 0 aliphatic heterocycles. The normalized spacial score (nSPS) is 10.1. The van der Waals surface area contributed by atoms with E-state index in [1.54, 1.807) is 6.07 Å². The zero-order valence-corrected chi connectivity index (χ0v) is 14.4. The van der Waals surface area contributed by atoms with Crippen LogP contribution < -0.4 is 14.8 Å². The number of nitrogens with one attached hydrogen (secondary N) is 1. The second-order valence-electron chi connectivity index (χ2n) is 5.88. The molecule has 0 radical (unpaired) electrons. The van der Waals surface area contributed by atoms with Crippen LogP contribution in [-0.2, 0) is 4.79 Å².